The molecule has 1 aliphatic carbocycles. The number of carbonyl (C=O) groups excluding carboxylic acids is 2. The summed E-state index contributed by atoms with van der Waals surface area (Å²) < 4.78 is 18.8. The van der Waals surface area contributed by atoms with E-state index in [1.807, 2.05) is 0 Å². The Labute approximate surface area is 164 Å². The van der Waals surface area contributed by atoms with Gasteiger partial charge in [0, 0.05) is 19.8 Å². The lowest BCUT2D eigenvalue weighted by molar-refractivity contribution is -0.130. The zero-order chi connectivity index (χ0) is 20.1. The number of amides is 2. The maximum atomic E-state index is 13.3. The summed E-state index contributed by atoms with van der Waals surface area (Å²) in [6.45, 7) is -0.0353. The molecule has 0 bridgehead atoms. The third kappa shape index (κ3) is 4.32. The lowest BCUT2D eigenvalue weighted by Crippen LogP contribution is -2.38. The Morgan fingerprint density at radius 3 is 2.21 bits per heavy atom. The van der Waals surface area contributed by atoms with Crippen LogP contribution in [0, 0.1) is 5.82 Å². The van der Waals surface area contributed by atoms with E-state index in [-0.39, 0.29) is 24.2 Å². The molecule has 1 aliphatic rings. The summed E-state index contributed by atoms with van der Waals surface area (Å²) in [6, 6.07) is 13.2. The number of nitrogens with zero attached hydrogens (tertiary/aromatic N) is 1. The molecule has 2 amide bonds. The van der Waals surface area contributed by atoms with E-state index in [4.69, 9.17) is 4.74 Å². The SMILES string of the molecule is CN(C)C(=O)COc1ccc(NC(=O)C2(c3ccc(F)cc3)CCCC2)cc1. The summed E-state index contributed by atoms with van der Waals surface area (Å²) in [4.78, 5) is 26.2. The van der Waals surface area contributed by atoms with Crippen molar-refractivity contribution in [2.24, 2.45) is 0 Å². The molecule has 0 heterocycles. The van der Waals surface area contributed by atoms with E-state index < -0.39 is 5.41 Å². The van der Waals surface area contributed by atoms with Gasteiger partial charge in [-0.3, -0.25) is 9.59 Å². The number of nitrogens with one attached hydrogen (secondary N) is 1. The molecular formula is C22H25FN2O3. The highest BCUT2D eigenvalue weighted by Crippen LogP contribution is 2.42. The van der Waals surface area contributed by atoms with Crippen LogP contribution in [0.15, 0.2) is 48.5 Å². The van der Waals surface area contributed by atoms with Gasteiger partial charge in [0.25, 0.3) is 5.91 Å². The van der Waals surface area contributed by atoms with Crippen molar-refractivity contribution in [3.63, 3.8) is 0 Å². The van der Waals surface area contributed by atoms with Crippen LogP contribution in [0.25, 0.3) is 0 Å². The number of halogens is 1. The minimum atomic E-state index is -0.624. The van der Waals surface area contributed by atoms with E-state index >= 15 is 0 Å². The molecule has 6 heteroatoms. The average molecular weight is 384 g/mol. The van der Waals surface area contributed by atoms with E-state index in [2.05, 4.69) is 5.32 Å². The summed E-state index contributed by atoms with van der Waals surface area (Å²) in [6.07, 6.45) is 3.44. The van der Waals surface area contributed by atoms with Crippen LogP contribution in [0.3, 0.4) is 0 Å². The number of anilines is 1. The molecule has 0 aliphatic heterocycles. The molecule has 0 spiro atoms. The Morgan fingerprint density at radius 1 is 1.04 bits per heavy atom. The minimum absolute atomic E-state index is 0.0353. The summed E-state index contributed by atoms with van der Waals surface area (Å²) in [7, 11) is 3.34. The molecule has 1 N–H and O–H groups in total. The second-order valence-electron chi connectivity index (χ2n) is 7.35. The molecule has 0 saturated heterocycles. The quantitative estimate of drug-likeness (QED) is 0.825. The molecule has 3 rings (SSSR count). The highest BCUT2D eigenvalue weighted by atomic mass is 19.1. The van der Waals surface area contributed by atoms with Gasteiger partial charge in [-0.1, -0.05) is 25.0 Å². The van der Waals surface area contributed by atoms with Gasteiger partial charge in [-0.2, -0.15) is 0 Å². The molecular weight excluding hydrogens is 359 g/mol. The largest absolute Gasteiger partial charge is 0.484 e. The number of likely N-dealkylation sites (N-methyl/N-ethyl adjacent to an activating group) is 1. The van der Waals surface area contributed by atoms with Crippen LogP contribution in [0.4, 0.5) is 10.1 Å². The fourth-order valence-corrected chi connectivity index (χ4v) is 3.55. The first kappa shape index (κ1) is 19.9. The first-order chi connectivity index (χ1) is 13.4. The van der Waals surface area contributed by atoms with Gasteiger partial charge in [0.05, 0.1) is 5.41 Å². The van der Waals surface area contributed by atoms with Crippen LogP contribution in [0.5, 0.6) is 5.75 Å². The fourth-order valence-electron chi connectivity index (χ4n) is 3.55. The summed E-state index contributed by atoms with van der Waals surface area (Å²) >= 11 is 0. The van der Waals surface area contributed by atoms with Gasteiger partial charge in [0.15, 0.2) is 6.61 Å². The second kappa shape index (κ2) is 8.42. The Bertz CT molecular complexity index is 826. The molecule has 2 aromatic carbocycles. The average Bonchev–Trinajstić information content (AvgIpc) is 3.19. The zero-order valence-corrected chi connectivity index (χ0v) is 16.2. The highest BCUT2D eigenvalue weighted by molar-refractivity contribution is 5.99. The predicted molar refractivity (Wildman–Crippen MR) is 106 cm³/mol. The maximum absolute atomic E-state index is 13.3. The van der Waals surface area contributed by atoms with Crippen molar-refractivity contribution in [3.8, 4) is 5.75 Å². The topological polar surface area (TPSA) is 58.6 Å². The predicted octanol–water partition coefficient (Wildman–Crippen LogP) is 3.74. The number of hydrogen-bond donors (Lipinski definition) is 1. The molecule has 2 aromatic rings. The van der Waals surface area contributed by atoms with Crippen LogP contribution in [-0.4, -0.2) is 37.4 Å². The third-order valence-electron chi connectivity index (χ3n) is 5.26. The Kier molecular flexibility index (Phi) is 5.97. The van der Waals surface area contributed by atoms with Gasteiger partial charge in [0.2, 0.25) is 5.91 Å². The van der Waals surface area contributed by atoms with Crippen LogP contribution in [-0.2, 0) is 15.0 Å². The summed E-state index contributed by atoms with van der Waals surface area (Å²) in [5, 5.41) is 2.98. The van der Waals surface area contributed by atoms with Crippen LogP contribution < -0.4 is 10.1 Å². The zero-order valence-electron chi connectivity index (χ0n) is 16.2. The van der Waals surface area contributed by atoms with E-state index in [1.54, 1.807) is 50.5 Å². The molecule has 0 unspecified atom stereocenters. The van der Waals surface area contributed by atoms with E-state index in [1.165, 1.54) is 17.0 Å². The van der Waals surface area contributed by atoms with Crippen LogP contribution in [0.2, 0.25) is 0 Å². The lowest BCUT2D eigenvalue weighted by Gasteiger charge is -2.28. The second-order valence-corrected chi connectivity index (χ2v) is 7.35. The van der Waals surface area contributed by atoms with E-state index in [0.717, 1.165) is 31.2 Å². The maximum Gasteiger partial charge on any atom is 0.259 e. The molecule has 28 heavy (non-hydrogen) atoms. The minimum Gasteiger partial charge on any atom is -0.484 e. The highest BCUT2D eigenvalue weighted by Gasteiger charge is 2.42. The Morgan fingerprint density at radius 2 is 1.64 bits per heavy atom. The number of rotatable bonds is 6. The van der Waals surface area contributed by atoms with E-state index in [0.29, 0.717) is 11.4 Å². The Balaban J connectivity index is 1.69. The van der Waals surface area contributed by atoms with Gasteiger partial charge in [0.1, 0.15) is 11.6 Å². The van der Waals surface area contributed by atoms with Gasteiger partial charge < -0.3 is 15.0 Å². The molecule has 148 valence electrons. The number of carbonyl (C=O) groups is 2. The molecule has 0 atom stereocenters. The number of hydrogen-bond acceptors (Lipinski definition) is 3. The van der Waals surface area contributed by atoms with Crippen LogP contribution in [0.1, 0.15) is 31.2 Å². The van der Waals surface area contributed by atoms with Crippen molar-refractivity contribution in [1.29, 1.82) is 0 Å². The Hall–Kier alpha value is -2.89. The molecule has 0 aromatic heterocycles. The van der Waals surface area contributed by atoms with Gasteiger partial charge >= 0.3 is 0 Å². The first-order valence-corrected chi connectivity index (χ1v) is 9.41. The van der Waals surface area contributed by atoms with Crippen molar-refractivity contribution in [3.05, 3.63) is 59.9 Å². The van der Waals surface area contributed by atoms with Crippen molar-refractivity contribution in [1.82, 2.24) is 4.90 Å². The lowest BCUT2D eigenvalue weighted by atomic mass is 9.78. The monoisotopic (exact) mass is 384 g/mol. The van der Waals surface area contributed by atoms with Crippen LogP contribution >= 0.6 is 0 Å². The normalized spacial score (nSPS) is 15.1. The summed E-state index contributed by atoms with van der Waals surface area (Å²) in [5.41, 5.74) is 0.886. The van der Waals surface area contributed by atoms with Crippen molar-refractivity contribution >= 4 is 17.5 Å². The number of ether oxygens (including phenoxy) is 1. The van der Waals surface area contributed by atoms with Crippen molar-refractivity contribution in [2.45, 2.75) is 31.1 Å². The van der Waals surface area contributed by atoms with E-state index in [9.17, 15) is 14.0 Å². The molecule has 1 saturated carbocycles. The van der Waals surface area contributed by atoms with Gasteiger partial charge in [-0.25, -0.2) is 4.39 Å². The third-order valence-corrected chi connectivity index (χ3v) is 5.26. The summed E-state index contributed by atoms with van der Waals surface area (Å²) in [5.74, 6) is 0.0517. The smallest absolute Gasteiger partial charge is 0.259 e. The van der Waals surface area contributed by atoms with Gasteiger partial charge in [-0.05, 0) is 54.8 Å². The van der Waals surface area contributed by atoms with Crippen molar-refractivity contribution < 1.29 is 18.7 Å². The fraction of sp³-hybridized carbons (Fsp3) is 0.364. The van der Waals surface area contributed by atoms with Crippen molar-refractivity contribution in [2.75, 3.05) is 26.0 Å². The molecule has 0 radical (unpaired) electrons. The standard InChI is InChI=1S/C22H25FN2O3/c1-25(2)20(26)15-28-19-11-9-18(10-12-19)24-21(27)22(13-3-4-14-22)16-5-7-17(23)8-6-16/h5-12H,3-4,13-15H2,1-2H3,(H,24,27). The number of benzene rings is 2. The molecule has 5 nitrogen and oxygen atoms in total. The van der Waals surface area contributed by atoms with Gasteiger partial charge in [-0.15, -0.1) is 0 Å². The first-order valence-electron chi connectivity index (χ1n) is 9.41. The molecule has 1 fully saturated rings.